The summed E-state index contributed by atoms with van der Waals surface area (Å²) in [5.74, 6) is -1.61. The van der Waals surface area contributed by atoms with Crippen LogP contribution in [0.25, 0.3) is 21.5 Å². The first-order valence-corrected chi connectivity index (χ1v) is 10.1. The fraction of sp³-hybridized carbons (Fsp3) is 0. The second-order valence-electron chi connectivity index (χ2n) is 5.56. The minimum Gasteiger partial charge on any atom is -0.507 e. The van der Waals surface area contributed by atoms with E-state index in [1.807, 2.05) is 0 Å². The van der Waals surface area contributed by atoms with Crippen LogP contribution in [0.4, 0.5) is 5.69 Å². The van der Waals surface area contributed by atoms with Crippen LogP contribution in [0.15, 0.2) is 40.1 Å². The molecule has 0 aromatic heterocycles. The third-order valence-corrected chi connectivity index (χ3v) is 5.87. The Morgan fingerprint density at radius 1 is 0.889 bits per heavy atom. The van der Waals surface area contributed by atoms with Crippen molar-refractivity contribution in [2.24, 2.45) is 10.3 Å². The monoisotopic (exact) mass is 413 g/mol. The van der Waals surface area contributed by atoms with Crippen molar-refractivity contribution in [2.45, 2.75) is 9.79 Å². The molecule has 0 saturated carbocycles. The van der Waals surface area contributed by atoms with Crippen LogP contribution in [0.2, 0.25) is 0 Å². The third-order valence-electron chi connectivity index (χ3n) is 3.92. The van der Waals surface area contributed by atoms with Crippen LogP contribution < -0.4 is 10.3 Å². The van der Waals surface area contributed by atoms with Crippen LogP contribution in [-0.2, 0) is 20.0 Å². The van der Waals surface area contributed by atoms with Crippen molar-refractivity contribution in [3.8, 4) is 11.5 Å². The fourth-order valence-electron chi connectivity index (χ4n) is 2.96. The molecule has 0 aliphatic carbocycles. The highest BCUT2D eigenvalue weighted by Gasteiger charge is 2.30. The van der Waals surface area contributed by atoms with Crippen LogP contribution in [-0.4, -0.2) is 32.0 Å². The van der Waals surface area contributed by atoms with E-state index in [-0.39, 0.29) is 0 Å². The Labute approximate surface area is 151 Å². The number of nitro groups is 1. The molecule has 0 saturated heterocycles. The number of phenolic OH excluding ortho intramolecular Hbond substituents is 2. The number of fused-ring (bicyclic) bond motifs is 2. The Kier molecular flexibility index (Phi) is 4.00. The molecule has 0 bridgehead atoms. The van der Waals surface area contributed by atoms with Crippen LogP contribution in [0, 0.1) is 10.1 Å². The fourth-order valence-corrected chi connectivity index (χ4v) is 4.74. The van der Waals surface area contributed by atoms with Crippen molar-refractivity contribution < 1.29 is 32.0 Å². The first-order chi connectivity index (χ1) is 12.4. The Bertz CT molecular complexity index is 1360. The number of aromatic hydroxyl groups is 2. The summed E-state index contributed by atoms with van der Waals surface area (Å²) in [6.45, 7) is 0. The minimum absolute atomic E-state index is 0.396. The molecule has 142 valence electrons. The molecule has 0 spiro atoms. The van der Waals surface area contributed by atoms with E-state index in [1.54, 1.807) is 0 Å². The number of rotatable bonds is 3. The molecule has 0 amide bonds. The number of nitro benzene ring substituents is 1. The lowest BCUT2D eigenvalue weighted by atomic mass is 10.00. The van der Waals surface area contributed by atoms with Crippen LogP contribution >= 0.6 is 0 Å². The smallest absolute Gasteiger partial charge is 0.281 e. The quantitative estimate of drug-likeness (QED) is 0.271. The van der Waals surface area contributed by atoms with Gasteiger partial charge in [-0.25, -0.2) is 27.1 Å². The number of hydrogen-bond donors (Lipinski definition) is 4. The lowest BCUT2D eigenvalue weighted by molar-refractivity contribution is -0.383. The molecular weight excluding hydrogens is 402 g/mol. The number of hydrogen-bond acceptors (Lipinski definition) is 8. The SMILES string of the molecule is NS(=O)(=O)c1ccc(O)c2c(O)c3c([N+](=O)[O-])cccc3c(S(N)(=O)=O)c12. The first kappa shape index (κ1) is 18.8. The van der Waals surface area contributed by atoms with E-state index >= 15 is 0 Å². The van der Waals surface area contributed by atoms with Crippen LogP contribution in [0.1, 0.15) is 0 Å². The second kappa shape index (κ2) is 5.75. The van der Waals surface area contributed by atoms with E-state index < -0.39 is 73.5 Å². The van der Waals surface area contributed by atoms with E-state index in [9.17, 15) is 37.2 Å². The van der Waals surface area contributed by atoms with Gasteiger partial charge in [-0.1, -0.05) is 12.1 Å². The normalized spacial score (nSPS) is 12.5. The number of nitrogens with two attached hydrogens (primary N) is 2. The lowest BCUT2D eigenvalue weighted by Crippen LogP contribution is -2.17. The Hall–Kier alpha value is -3.00. The highest BCUT2D eigenvalue weighted by atomic mass is 32.2. The van der Waals surface area contributed by atoms with Gasteiger partial charge in [-0.15, -0.1) is 0 Å². The Morgan fingerprint density at radius 2 is 1.52 bits per heavy atom. The molecule has 0 aliphatic rings. The zero-order chi connectivity index (χ0) is 20.3. The van der Waals surface area contributed by atoms with Gasteiger partial charge in [0.25, 0.3) is 5.69 Å². The van der Waals surface area contributed by atoms with Crippen molar-refractivity contribution >= 4 is 47.3 Å². The van der Waals surface area contributed by atoms with Gasteiger partial charge >= 0.3 is 0 Å². The van der Waals surface area contributed by atoms with Crippen LogP contribution in [0.3, 0.4) is 0 Å². The maximum absolute atomic E-state index is 12.3. The van der Waals surface area contributed by atoms with Crippen molar-refractivity contribution in [2.75, 3.05) is 0 Å². The first-order valence-electron chi connectivity index (χ1n) is 6.99. The van der Waals surface area contributed by atoms with E-state index in [4.69, 9.17) is 10.3 Å². The summed E-state index contributed by atoms with van der Waals surface area (Å²) in [5, 5.41) is 40.1. The van der Waals surface area contributed by atoms with Gasteiger partial charge in [-0.2, -0.15) is 0 Å². The van der Waals surface area contributed by atoms with Gasteiger partial charge in [-0.05, 0) is 12.1 Å². The number of phenols is 2. The molecule has 3 aromatic carbocycles. The third kappa shape index (κ3) is 2.82. The van der Waals surface area contributed by atoms with Gasteiger partial charge < -0.3 is 10.2 Å². The maximum atomic E-state index is 12.3. The van der Waals surface area contributed by atoms with E-state index in [2.05, 4.69) is 0 Å². The van der Waals surface area contributed by atoms with Gasteiger partial charge in [0.15, 0.2) is 0 Å². The molecule has 0 aliphatic heterocycles. The standard InChI is InChI=1S/C14H11N3O8S2/c15-26(22,23)9-5-4-8(18)11-12(9)14(27(16,24)25)6-2-1-3-7(17(20)21)10(6)13(11)19/h1-5,18-19H,(H2,15,22,23)(H2,16,24,25). The molecule has 0 radical (unpaired) electrons. The average Bonchev–Trinajstić information content (AvgIpc) is 2.51. The molecule has 13 heteroatoms. The van der Waals surface area contributed by atoms with Crippen LogP contribution in [0.5, 0.6) is 11.5 Å². The average molecular weight is 413 g/mol. The molecule has 11 nitrogen and oxygen atoms in total. The molecule has 0 unspecified atom stereocenters. The summed E-state index contributed by atoms with van der Waals surface area (Å²) in [5.41, 5.74) is -0.669. The maximum Gasteiger partial charge on any atom is 0.281 e. The van der Waals surface area contributed by atoms with Gasteiger partial charge in [0.2, 0.25) is 20.0 Å². The number of sulfonamides is 2. The summed E-state index contributed by atoms with van der Waals surface area (Å²) in [6.07, 6.45) is 0. The van der Waals surface area contributed by atoms with E-state index in [1.165, 1.54) is 0 Å². The Morgan fingerprint density at radius 3 is 2.04 bits per heavy atom. The molecule has 0 atom stereocenters. The van der Waals surface area contributed by atoms with Gasteiger partial charge in [0, 0.05) is 16.8 Å². The van der Waals surface area contributed by atoms with Crippen molar-refractivity contribution in [3.63, 3.8) is 0 Å². The summed E-state index contributed by atoms with van der Waals surface area (Å²) in [7, 11) is -9.20. The molecule has 0 fully saturated rings. The van der Waals surface area contributed by atoms with Gasteiger partial charge in [0.05, 0.1) is 20.1 Å². The lowest BCUT2D eigenvalue weighted by Gasteiger charge is -2.15. The molecule has 3 aromatic rings. The highest BCUT2D eigenvalue weighted by molar-refractivity contribution is 7.90. The number of nitrogens with zero attached hydrogens (tertiary/aromatic N) is 1. The van der Waals surface area contributed by atoms with Crippen molar-refractivity contribution in [1.29, 1.82) is 0 Å². The summed E-state index contributed by atoms with van der Waals surface area (Å²) in [4.78, 5) is 8.88. The van der Waals surface area contributed by atoms with E-state index in [0.29, 0.717) is 0 Å². The van der Waals surface area contributed by atoms with Crippen molar-refractivity contribution in [1.82, 2.24) is 0 Å². The number of benzene rings is 3. The number of primary sulfonamides is 2. The van der Waals surface area contributed by atoms with Gasteiger partial charge in [-0.3, -0.25) is 10.1 Å². The predicted octanol–water partition coefficient (Wildman–Crippen LogP) is 0.607. The predicted molar refractivity (Wildman–Crippen MR) is 94.2 cm³/mol. The van der Waals surface area contributed by atoms with Crippen molar-refractivity contribution in [3.05, 3.63) is 40.4 Å². The van der Waals surface area contributed by atoms with E-state index in [0.717, 1.165) is 30.3 Å². The Balaban J connectivity index is 2.88. The summed E-state index contributed by atoms with van der Waals surface area (Å²) < 4.78 is 48.4. The highest BCUT2D eigenvalue weighted by Crippen LogP contribution is 2.47. The van der Waals surface area contributed by atoms with Gasteiger partial charge in [0.1, 0.15) is 16.9 Å². The largest absolute Gasteiger partial charge is 0.507 e. The minimum atomic E-state index is -4.68. The zero-order valence-corrected chi connectivity index (χ0v) is 14.8. The topological polar surface area (TPSA) is 204 Å². The number of non-ortho nitro benzene ring substituents is 1. The molecule has 3 rings (SSSR count). The molecule has 0 heterocycles. The summed E-state index contributed by atoms with van der Waals surface area (Å²) >= 11 is 0. The molecule has 27 heavy (non-hydrogen) atoms. The second-order valence-corrected chi connectivity index (χ2v) is 8.59. The molecule has 6 N–H and O–H groups in total. The zero-order valence-electron chi connectivity index (χ0n) is 13.1. The molecular formula is C14H11N3O8S2. The summed E-state index contributed by atoms with van der Waals surface area (Å²) in [6, 6.07) is 4.94.